The molecule has 0 aromatic heterocycles. The monoisotopic (exact) mass is 520 g/mol. The lowest BCUT2D eigenvalue weighted by molar-refractivity contribution is -0.211. The van der Waals surface area contributed by atoms with E-state index in [1.165, 1.54) is 13.8 Å². The molecule has 37 heavy (non-hydrogen) atoms. The van der Waals surface area contributed by atoms with Gasteiger partial charge in [0.15, 0.2) is 11.7 Å². The summed E-state index contributed by atoms with van der Waals surface area (Å²) in [6.45, 7) is 11.6. The highest BCUT2D eigenvalue weighted by Gasteiger charge is 2.66. The van der Waals surface area contributed by atoms with Crippen LogP contribution in [0.3, 0.4) is 0 Å². The van der Waals surface area contributed by atoms with Gasteiger partial charge in [-0.15, -0.1) is 0 Å². The van der Waals surface area contributed by atoms with Gasteiger partial charge in [-0.3, -0.25) is 19.2 Å². The Morgan fingerprint density at radius 3 is 2.38 bits per heavy atom. The van der Waals surface area contributed by atoms with E-state index in [9.17, 15) is 24.3 Å². The van der Waals surface area contributed by atoms with Gasteiger partial charge in [-0.1, -0.05) is 32.4 Å². The third kappa shape index (κ3) is 5.47. The first-order chi connectivity index (χ1) is 17.2. The Balaban J connectivity index is 2.26. The molecule has 0 unspecified atom stereocenters. The first kappa shape index (κ1) is 28.9. The Morgan fingerprint density at radius 1 is 1.14 bits per heavy atom. The summed E-state index contributed by atoms with van der Waals surface area (Å²) in [7, 11) is 0. The maximum atomic E-state index is 12.8. The second kappa shape index (κ2) is 11.0. The SMILES string of the molecule is CCCC(=O)O[C@@H]1C=C[C@@]2(C)[C@H]([C@H]1C)[C@H](OC(C)=O)[C@@]1(O)[C@H](/C=C(/C)CC[C@@H]2OC(C)=O)OC(=O)[C@@H]1C. The molecule has 0 spiro atoms. The minimum absolute atomic E-state index is 0.248. The second-order valence-corrected chi connectivity index (χ2v) is 11.0. The molecule has 0 aromatic carbocycles. The average molecular weight is 521 g/mol. The maximum absolute atomic E-state index is 12.8. The largest absolute Gasteiger partial charge is 0.462 e. The van der Waals surface area contributed by atoms with Crippen molar-refractivity contribution in [3.63, 3.8) is 0 Å². The molecule has 1 saturated heterocycles. The highest BCUT2D eigenvalue weighted by atomic mass is 16.6. The minimum Gasteiger partial charge on any atom is -0.462 e. The summed E-state index contributed by atoms with van der Waals surface area (Å²) in [5, 5.41) is 12.3. The Kier molecular flexibility index (Phi) is 8.57. The fourth-order valence-electron chi connectivity index (χ4n) is 6.21. The molecule has 1 aliphatic heterocycles. The van der Waals surface area contributed by atoms with Gasteiger partial charge in [0.25, 0.3) is 0 Å². The van der Waals surface area contributed by atoms with Gasteiger partial charge in [-0.05, 0) is 45.3 Å². The number of hydrogen-bond donors (Lipinski definition) is 1. The molecule has 0 amide bonds. The summed E-state index contributed by atoms with van der Waals surface area (Å²) in [6.07, 6.45) is 3.55. The van der Waals surface area contributed by atoms with E-state index in [4.69, 9.17) is 18.9 Å². The normalized spacial score (nSPS) is 40.8. The van der Waals surface area contributed by atoms with E-state index in [0.717, 1.165) is 5.57 Å². The molecule has 0 saturated carbocycles. The van der Waals surface area contributed by atoms with Gasteiger partial charge >= 0.3 is 23.9 Å². The quantitative estimate of drug-likeness (QED) is 0.330. The number of fused-ring (bicyclic) bond motifs is 2. The summed E-state index contributed by atoms with van der Waals surface area (Å²) in [5.41, 5.74) is -2.02. The predicted molar refractivity (Wildman–Crippen MR) is 133 cm³/mol. The van der Waals surface area contributed by atoms with Crippen LogP contribution in [0.2, 0.25) is 0 Å². The van der Waals surface area contributed by atoms with Gasteiger partial charge in [0.05, 0.1) is 5.92 Å². The molecule has 1 fully saturated rings. The van der Waals surface area contributed by atoms with E-state index in [1.54, 1.807) is 19.1 Å². The Bertz CT molecular complexity index is 984. The van der Waals surface area contributed by atoms with Crippen molar-refractivity contribution in [3.8, 4) is 0 Å². The van der Waals surface area contributed by atoms with Crippen LogP contribution >= 0.6 is 0 Å². The topological polar surface area (TPSA) is 125 Å². The summed E-state index contributed by atoms with van der Waals surface area (Å²) >= 11 is 0. The van der Waals surface area contributed by atoms with Crippen molar-refractivity contribution in [2.45, 2.75) is 104 Å². The van der Waals surface area contributed by atoms with Crippen LogP contribution in [-0.2, 0) is 38.1 Å². The van der Waals surface area contributed by atoms with E-state index in [1.807, 2.05) is 33.8 Å². The summed E-state index contributed by atoms with van der Waals surface area (Å²) in [5.74, 6) is -4.27. The zero-order valence-corrected chi connectivity index (χ0v) is 22.8. The van der Waals surface area contributed by atoms with E-state index in [0.29, 0.717) is 19.3 Å². The van der Waals surface area contributed by atoms with Crippen LogP contribution in [0.15, 0.2) is 23.8 Å². The van der Waals surface area contributed by atoms with Crippen LogP contribution in [-0.4, -0.2) is 59.0 Å². The molecule has 3 aliphatic rings. The molecule has 9 nitrogen and oxygen atoms in total. The smallest absolute Gasteiger partial charge is 0.312 e. The second-order valence-electron chi connectivity index (χ2n) is 11.0. The standard InChI is InChI=1S/C28H40O9/c1-8-9-23(31)36-20-12-13-27(7)21(34-18(5)29)11-10-15(2)14-22-28(33,17(4)26(32)37-22)25(35-19(6)30)24(27)16(20)3/h12-14,16-17,20-22,24-25,33H,8-11H2,1-7H3/b15-14-/t16-,17-,20+,21-,22-,24+,25-,27+,28-/m0/s1. The Hall–Kier alpha value is -2.68. The van der Waals surface area contributed by atoms with Crippen LogP contribution in [0.25, 0.3) is 0 Å². The van der Waals surface area contributed by atoms with Crippen LogP contribution in [0.4, 0.5) is 0 Å². The molecule has 9 atom stereocenters. The van der Waals surface area contributed by atoms with Crippen LogP contribution < -0.4 is 0 Å². The van der Waals surface area contributed by atoms with E-state index < -0.39 is 71.1 Å². The number of hydrogen-bond acceptors (Lipinski definition) is 9. The number of esters is 4. The maximum Gasteiger partial charge on any atom is 0.312 e. The molecule has 0 aromatic rings. The van der Waals surface area contributed by atoms with Gasteiger partial charge in [0, 0.05) is 37.5 Å². The van der Waals surface area contributed by atoms with Crippen LogP contribution in [0.5, 0.6) is 0 Å². The zero-order valence-electron chi connectivity index (χ0n) is 22.8. The predicted octanol–water partition coefficient (Wildman–Crippen LogP) is 3.42. The van der Waals surface area contributed by atoms with E-state index in [2.05, 4.69) is 0 Å². The third-order valence-electron chi connectivity index (χ3n) is 8.23. The van der Waals surface area contributed by atoms with Crippen molar-refractivity contribution in [1.82, 2.24) is 0 Å². The van der Waals surface area contributed by atoms with Gasteiger partial charge in [0.2, 0.25) is 0 Å². The molecule has 1 heterocycles. The fourth-order valence-corrected chi connectivity index (χ4v) is 6.21. The van der Waals surface area contributed by atoms with Gasteiger partial charge in [-0.2, -0.15) is 0 Å². The molecule has 1 N–H and O–H groups in total. The van der Waals surface area contributed by atoms with Crippen molar-refractivity contribution in [2.75, 3.05) is 0 Å². The summed E-state index contributed by atoms with van der Waals surface area (Å²) in [6, 6.07) is 0. The molecule has 3 rings (SSSR count). The van der Waals surface area contributed by atoms with Gasteiger partial charge in [-0.25, -0.2) is 0 Å². The van der Waals surface area contributed by atoms with Crippen molar-refractivity contribution >= 4 is 23.9 Å². The van der Waals surface area contributed by atoms with Crippen LogP contribution in [0.1, 0.15) is 74.1 Å². The lowest BCUT2D eigenvalue weighted by atomic mass is 9.56. The van der Waals surface area contributed by atoms with Gasteiger partial charge in [0.1, 0.15) is 18.3 Å². The number of ether oxygens (including phenoxy) is 4. The number of carbonyl (C=O) groups excluding carboxylic acids is 4. The molecule has 9 heteroatoms. The number of rotatable bonds is 5. The van der Waals surface area contributed by atoms with Crippen molar-refractivity contribution in [3.05, 3.63) is 23.8 Å². The summed E-state index contributed by atoms with van der Waals surface area (Å²) in [4.78, 5) is 49.9. The number of carbonyl (C=O) groups is 4. The lowest BCUT2D eigenvalue weighted by Gasteiger charge is -2.53. The highest BCUT2D eigenvalue weighted by Crippen LogP contribution is 2.54. The fraction of sp³-hybridized carbons (Fsp3) is 0.714. The zero-order chi connectivity index (χ0) is 27.7. The number of allylic oxidation sites excluding steroid dienone is 1. The van der Waals surface area contributed by atoms with Crippen molar-refractivity contribution in [1.29, 1.82) is 0 Å². The van der Waals surface area contributed by atoms with Crippen molar-refractivity contribution in [2.24, 2.45) is 23.2 Å². The molecule has 0 radical (unpaired) electrons. The summed E-state index contributed by atoms with van der Waals surface area (Å²) < 4.78 is 23.1. The average Bonchev–Trinajstić information content (AvgIpc) is 3.01. The molecule has 206 valence electrons. The van der Waals surface area contributed by atoms with Gasteiger partial charge < -0.3 is 24.1 Å². The molecular formula is C28H40O9. The first-order valence-corrected chi connectivity index (χ1v) is 13.1. The molecule has 2 aliphatic carbocycles. The third-order valence-corrected chi connectivity index (χ3v) is 8.23. The van der Waals surface area contributed by atoms with Crippen molar-refractivity contribution < 1.29 is 43.2 Å². The van der Waals surface area contributed by atoms with E-state index in [-0.39, 0.29) is 12.4 Å². The minimum atomic E-state index is -1.91. The number of aliphatic hydroxyl groups is 1. The van der Waals surface area contributed by atoms with Crippen LogP contribution in [0, 0.1) is 23.2 Å². The highest BCUT2D eigenvalue weighted by molar-refractivity contribution is 5.77. The Morgan fingerprint density at radius 2 is 1.78 bits per heavy atom. The first-order valence-electron chi connectivity index (χ1n) is 13.1. The molecule has 0 bridgehead atoms. The lowest BCUT2D eigenvalue weighted by Crippen LogP contribution is -2.64. The molecular weight excluding hydrogens is 480 g/mol. The van der Waals surface area contributed by atoms with E-state index >= 15 is 0 Å². The Labute approximate surface area is 218 Å².